The lowest BCUT2D eigenvalue weighted by Gasteiger charge is -2.11. The first-order chi connectivity index (χ1) is 13.1. The van der Waals surface area contributed by atoms with Gasteiger partial charge in [-0.2, -0.15) is 0 Å². The van der Waals surface area contributed by atoms with E-state index in [4.69, 9.17) is 38.4 Å². The van der Waals surface area contributed by atoms with Gasteiger partial charge in [0, 0.05) is 6.21 Å². The predicted octanol–water partition coefficient (Wildman–Crippen LogP) is 5.91. The molecule has 4 nitrogen and oxygen atoms in total. The summed E-state index contributed by atoms with van der Waals surface area (Å²) in [5, 5.41) is 0.744. The lowest BCUT2D eigenvalue weighted by atomic mass is 10.2. The average Bonchev–Trinajstić information content (AvgIpc) is 2.69. The summed E-state index contributed by atoms with van der Waals surface area (Å²) in [7, 11) is 1.60. The number of hydrogen-bond acceptors (Lipinski definition) is 4. The molecule has 138 valence electrons. The zero-order chi connectivity index (χ0) is 19.2. The van der Waals surface area contributed by atoms with E-state index in [9.17, 15) is 0 Å². The Morgan fingerprint density at radius 3 is 2.33 bits per heavy atom. The molecule has 27 heavy (non-hydrogen) atoms. The van der Waals surface area contributed by atoms with E-state index in [1.807, 2.05) is 48.5 Å². The summed E-state index contributed by atoms with van der Waals surface area (Å²) in [5.74, 6) is 1.29. The molecule has 0 atom stereocenters. The van der Waals surface area contributed by atoms with Crippen LogP contribution in [0.2, 0.25) is 10.0 Å². The highest BCUT2D eigenvalue weighted by Crippen LogP contribution is 2.33. The summed E-state index contributed by atoms with van der Waals surface area (Å²) in [4.78, 5) is 4.39. The number of nitrogens with zero attached hydrogens (tertiary/aromatic N) is 1. The molecule has 3 aromatic rings. The Labute approximate surface area is 168 Å². The normalized spacial score (nSPS) is 10.9. The van der Waals surface area contributed by atoms with Crippen LogP contribution >= 0.6 is 23.2 Å². The van der Waals surface area contributed by atoms with Crippen LogP contribution in [0.25, 0.3) is 0 Å². The van der Waals surface area contributed by atoms with Gasteiger partial charge >= 0.3 is 0 Å². The average molecular weight is 401 g/mol. The quantitative estimate of drug-likeness (QED) is 0.412. The molecule has 0 aromatic heterocycles. The molecule has 3 aromatic carbocycles. The number of rotatable bonds is 6. The third-order valence-corrected chi connectivity index (χ3v) is 4.48. The van der Waals surface area contributed by atoms with Crippen molar-refractivity contribution in [3.63, 3.8) is 0 Å². The van der Waals surface area contributed by atoms with Crippen molar-refractivity contribution >= 4 is 40.8 Å². The van der Waals surface area contributed by atoms with Gasteiger partial charge in [-0.25, -0.2) is 0 Å². The summed E-state index contributed by atoms with van der Waals surface area (Å²) in [6.07, 6.45) is 1.70. The number of ether oxygens (including phenoxy) is 2. The second kappa shape index (κ2) is 8.80. The van der Waals surface area contributed by atoms with Gasteiger partial charge in [-0.15, -0.1) is 0 Å². The van der Waals surface area contributed by atoms with Gasteiger partial charge in [0.25, 0.3) is 0 Å². The number of aliphatic imine (C=N–C) groups is 1. The van der Waals surface area contributed by atoms with Crippen molar-refractivity contribution in [1.29, 1.82) is 0 Å². The number of halogens is 2. The maximum atomic E-state index is 6.03. The van der Waals surface area contributed by atoms with E-state index in [-0.39, 0.29) is 0 Å². The summed E-state index contributed by atoms with van der Waals surface area (Å²) >= 11 is 12.1. The monoisotopic (exact) mass is 400 g/mol. The lowest BCUT2D eigenvalue weighted by molar-refractivity contribution is 0.284. The molecule has 0 fully saturated rings. The number of nitrogens with two attached hydrogens (primary N) is 1. The molecule has 0 spiro atoms. The van der Waals surface area contributed by atoms with E-state index >= 15 is 0 Å². The molecule has 0 saturated heterocycles. The number of methoxy groups -OCH3 is 1. The van der Waals surface area contributed by atoms with Gasteiger partial charge in [-0.3, -0.25) is 4.99 Å². The van der Waals surface area contributed by atoms with Crippen LogP contribution in [0.5, 0.6) is 11.5 Å². The molecule has 6 heteroatoms. The molecule has 0 amide bonds. The van der Waals surface area contributed by atoms with Crippen LogP contribution in [-0.4, -0.2) is 13.3 Å². The molecule has 0 aliphatic carbocycles. The third-order valence-electron chi connectivity index (χ3n) is 3.85. The van der Waals surface area contributed by atoms with Crippen molar-refractivity contribution in [2.45, 2.75) is 6.61 Å². The molecule has 0 aliphatic rings. The van der Waals surface area contributed by atoms with Gasteiger partial charge < -0.3 is 15.2 Å². The van der Waals surface area contributed by atoms with E-state index in [0.29, 0.717) is 39.5 Å². The smallest absolute Gasteiger partial charge is 0.161 e. The van der Waals surface area contributed by atoms with Gasteiger partial charge in [-0.1, -0.05) is 53.5 Å². The van der Waals surface area contributed by atoms with Gasteiger partial charge in [0.2, 0.25) is 0 Å². The maximum absolute atomic E-state index is 6.03. The first-order valence-electron chi connectivity index (χ1n) is 8.20. The Morgan fingerprint density at radius 2 is 1.67 bits per heavy atom. The van der Waals surface area contributed by atoms with Crippen LogP contribution in [0.1, 0.15) is 11.1 Å². The highest BCUT2D eigenvalue weighted by atomic mass is 35.5. The number of hydrogen-bond donors (Lipinski definition) is 1. The number of anilines is 1. The van der Waals surface area contributed by atoms with Crippen molar-refractivity contribution in [3.8, 4) is 11.5 Å². The van der Waals surface area contributed by atoms with Crippen LogP contribution in [0.4, 0.5) is 11.4 Å². The van der Waals surface area contributed by atoms with Crippen molar-refractivity contribution in [3.05, 3.63) is 81.8 Å². The van der Waals surface area contributed by atoms with Gasteiger partial charge in [-0.05, 0) is 41.5 Å². The Morgan fingerprint density at radius 1 is 0.963 bits per heavy atom. The van der Waals surface area contributed by atoms with Gasteiger partial charge in [0.1, 0.15) is 6.61 Å². The minimum atomic E-state index is 0.346. The van der Waals surface area contributed by atoms with E-state index in [2.05, 4.69) is 4.99 Å². The molecule has 0 bridgehead atoms. The van der Waals surface area contributed by atoms with Crippen molar-refractivity contribution in [1.82, 2.24) is 0 Å². The van der Waals surface area contributed by atoms with Crippen LogP contribution in [0, 0.1) is 0 Å². The number of nitrogen functional groups attached to an aromatic ring is 1. The minimum absolute atomic E-state index is 0.346. The topological polar surface area (TPSA) is 56.8 Å². The Kier molecular flexibility index (Phi) is 6.22. The van der Waals surface area contributed by atoms with Crippen molar-refractivity contribution < 1.29 is 9.47 Å². The molecule has 0 heterocycles. The second-order valence-electron chi connectivity index (χ2n) is 5.77. The Hall–Kier alpha value is -2.69. The molecule has 3 rings (SSSR count). The van der Waals surface area contributed by atoms with Crippen LogP contribution in [0.3, 0.4) is 0 Å². The molecule has 0 radical (unpaired) electrons. The molecular weight excluding hydrogens is 383 g/mol. The highest BCUT2D eigenvalue weighted by Gasteiger charge is 2.07. The highest BCUT2D eigenvalue weighted by molar-refractivity contribution is 6.39. The lowest BCUT2D eigenvalue weighted by Crippen LogP contribution is -1.98. The zero-order valence-electron chi connectivity index (χ0n) is 14.7. The van der Waals surface area contributed by atoms with E-state index < -0.39 is 0 Å². The second-order valence-corrected chi connectivity index (χ2v) is 6.58. The zero-order valence-corrected chi connectivity index (χ0v) is 16.2. The molecular formula is C21H18Cl2N2O2. The van der Waals surface area contributed by atoms with Gasteiger partial charge in [0.15, 0.2) is 11.5 Å². The molecule has 2 N–H and O–H groups in total. The fourth-order valence-corrected chi connectivity index (χ4v) is 2.89. The summed E-state index contributed by atoms with van der Waals surface area (Å²) < 4.78 is 11.3. The van der Waals surface area contributed by atoms with Gasteiger partial charge in [0.05, 0.1) is 28.5 Å². The molecule has 0 saturated carbocycles. The largest absolute Gasteiger partial charge is 0.493 e. The first kappa shape index (κ1) is 19.1. The summed E-state index contributed by atoms with van der Waals surface area (Å²) in [5.41, 5.74) is 8.63. The van der Waals surface area contributed by atoms with E-state index in [1.165, 1.54) is 0 Å². The number of benzene rings is 3. The third kappa shape index (κ3) is 4.94. The Bertz CT molecular complexity index is 937. The van der Waals surface area contributed by atoms with Crippen LogP contribution in [-0.2, 0) is 6.61 Å². The van der Waals surface area contributed by atoms with E-state index in [0.717, 1.165) is 11.1 Å². The SMILES string of the molecule is COc1cc(C=Nc2cc(Cl)c(N)c(Cl)c2)ccc1OCc1ccccc1. The first-order valence-corrected chi connectivity index (χ1v) is 8.96. The van der Waals surface area contributed by atoms with Crippen LogP contribution < -0.4 is 15.2 Å². The fourth-order valence-electron chi connectivity index (χ4n) is 2.41. The van der Waals surface area contributed by atoms with E-state index in [1.54, 1.807) is 25.5 Å². The van der Waals surface area contributed by atoms with Crippen molar-refractivity contribution in [2.75, 3.05) is 12.8 Å². The Balaban J connectivity index is 1.75. The standard InChI is InChI=1S/C21H18Cl2N2O2/c1-26-20-9-15(12-25-16-10-17(22)21(24)18(23)11-16)7-8-19(20)27-13-14-5-3-2-4-6-14/h2-12H,13,24H2,1H3. The summed E-state index contributed by atoms with van der Waals surface area (Å²) in [6.45, 7) is 0.465. The molecule has 0 aliphatic heterocycles. The predicted molar refractivity (Wildman–Crippen MR) is 112 cm³/mol. The fraction of sp³-hybridized carbons (Fsp3) is 0.0952. The molecule has 0 unspecified atom stereocenters. The van der Waals surface area contributed by atoms with Crippen molar-refractivity contribution in [2.24, 2.45) is 4.99 Å². The summed E-state index contributed by atoms with van der Waals surface area (Å²) in [6, 6.07) is 18.9. The minimum Gasteiger partial charge on any atom is -0.493 e. The maximum Gasteiger partial charge on any atom is 0.161 e. The van der Waals surface area contributed by atoms with Crippen LogP contribution in [0.15, 0.2) is 65.7 Å².